The fourth-order valence-electron chi connectivity index (χ4n) is 1.85. The molecule has 0 bridgehead atoms. The summed E-state index contributed by atoms with van der Waals surface area (Å²) in [4.78, 5) is 24.1. The molecule has 1 unspecified atom stereocenters. The Hall–Kier alpha value is -1.62. The molecule has 0 saturated heterocycles. The summed E-state index contributed by atoms with van der Waals surface area (Å²) in [6.45, 7) is 4.57. The average Bonchev–Trinajstić information content (AvgIpc) is 2.37. The molecule has 0 aliphatic carbocycles. The van der Waals surface area contributed by atoms with Gasteiger partial charge in [-0.1, -0.05) is 19.4 Å². The predicted molar refractivity (Wildman–Crippen MR) is 71.4 cm³/mol. The molecule has 1 heterocycles. The number of carbonyl (C=O) groups excluding carboxylic acids is 1. The Morgan fingerprint density at radius 2 is 2.28 bits per heavy atom. The van der Waals surface area contributed by atoms with Crippen LogP contribution in [0.5, 0.6) is 0 Å². The maximum absolute atomic E-state index is 12.0. The molecule has 3 N–H and O–H groups in total. The van der Waals surface area contributed by atoms with Gasteiger partial charge in [-0.05, 0) is 19.4 Å². The van der Waals surface area contributed by atoms with E-state index in [9.17, 15) is 9.59 Å². The van der Waals surface area contributed by atoms with Crippen molar-refractivity contribution < 1.29 is 4.79 Å². The smallest absolute Gasteiger partial charge is 0.254 e. The minimum Gasteiger partial charge on any atom is -0.353 e. The van der Waals surface area contributed by atoms with E-state index in [2.05, 4.69) is 5.32 Å². The first-order valence-corrected chi connectivity index (χ1v) is 6.27. The summed E-state index contributed by atoms with van der Waals surface area (Å²) in [7, 11) is 0. The molecule has 1 amide bonds. The number of hydrogen-bond acceptors (Lipinski definition) is 3. The van der Waals surface area contributed by atoms with Crippen LogP contribution in [-0.2, 0) is 4.79 Å². The summed E-state index contributed by atoms with van der Waals surface area (Å²) in [5.74, 6) is -0.144. The van der Waals surface area contributed by atoms with Gasteiger partial charge in [0.05, 0.1) is 0 Å². The maximum Gasteiger partial charge on any atom is 0.254 e. The van der Waals surface area contributed by atoms with Crippen molar-refractivity contribution in [2.24, 2.45) is 5.73 Å². The summed E-state index contributed by atoms with van der Waals surface area (Å²) in [6, 6.07) is 3.09. The third kappa shape index (κ3) is 3.43. The van der Waals surface area contributed by atoms with Crippen LogP contribution in [0.2, 0.25) is 0 Å². The number of aromatic nitrogens is 1. The highest BCUT2D eigenvalue weighted by atomic mass is 16.2. The van der Waals surface area contributed by atoms with Crippen LogP contribution in [0.1, 0.15) is 31.4 Å². The zero-order valence-corrected chi connectivity index (χ0v) is 11.0. The van der Waals surface area contributed by atoms with Crippen molar-refractivity contribution in [2.75, 3.05) is 13.1 Å². The number of hydrogen-bond donors (Lipinski definition) is 2. The van der Waals surface area contributed by atoms with Crippen LogP contribution in [0.4, 0.5) is 0 Å². The highest BCUT2D eigenvalue weighted by Crippen LogP contribution is 2.12. The van der Waals surface area contributed by atoms with Crippen LogP contribution in [0.15, 0.2) is 23.1 Å². The Morgan fingerprint density at radius 3 is 2.89 bits per heavy atom. The monoisotopic (exact) mass is 251 g/mol. The number of nitrogens with one attached hydrogen (secondary N) is 1. The zero-order valence-electron chi connectivity index (χ0n) is 11.0. The first-order valence-electron chi connectivity index (χ1n) is 6.27. The van der Waals surface area contributed by atoms with Gasteiger partial charge in [0.25, 0.3) is 5.56 Å². The lowest BCUT2D eigenvalue weighted by Gasteiger charge is -2.19. The van der Waals surface area contributed by atoms with Crippen molar-refractivity contribution in [3.8, 4) is 0 Å². The number of amides is 1. The second-order valence-electron chi connectivity index (χ2n) is 4.29. The first-order chi connectivity index (χ1) is 8.61. The molecule has 0 aliphatic heterocycles. The van der Waals surface area contributed by atoms with E-state index in [1.165, 1.54) is 4.57 Å². The molecular weight excluding hydrogens is 230 g/mol. The third-order valence-electron chi connectivity index (χ3n) is 2.81. The number of nitrogens with two attached hydrogens (primary N) is 1. The van der Waals surface area contributed by atoms with Crippen molar-refractivity contribution in [1.29, 1.82) is 0 Å². The number of pyridine rings is 1. The summed E-state index contributed by atoms with van der Waals surface area (Å²) < 4.78 is 1.50. The van der Waals surface area contributed by atoms with E-state index in [1.54, 1.807) is 25.3 Å². The number of nitrogens with zero attached hydrogens (tertiary/aromatic N) is 1. The van der Waals surface area contributed by atoms with Crippen LogP contribution in [0.3, 0.4) is 0 Å². The molecule has 0 aliphatic rings. The lowest BCUT2D eigenvalue weighted by Crippen LogP contribution is -2.39. The van der Waals surface area contributed by atoms with E-state index in [0.717, 1.165) is 6.42 Å². The van der Waals surface area contributed by atoms with E-state index in [4.69, 9.17) is 5.73 Å². The fraction of sp³-hybridized carbons (Fsp3) is 0.538. The molecule has 1 rings (SSSR count). The largest absolute Gasteiger partial charge is 0.353 e. The lowest BCUT2D eigenvalue weighted by atomic mass is 10.1. The second kappa shape index (κ2) is 6.96. The van der Waals surface area contributed by atoms with Gasteiger partial charge in [-0.2, -0.15) is 0 Å². The molecule has 0 fully saturated rings. The molecule has 1 aromatic heterocycles. The van der Waals surface area contributed by atoms with Gasteiger partial charge in [0, 0.05) is 24.8 Å². The first kappa shape index (κ1) is 14.4. The standard InChI is InChI=1S/C13H21N3O2/c1-3-5-11(12(17)15-8-7-14)16-9-4-6-10(2)13(16)18/h4,6,9,11H,3,5,7-8,14H2,1-2H3,(H,15,17). The fourth-order valence-corrected chi connectivity index (χ4v) is 1.85. The SMILES string of the molecule is CCCC(C(=O)NCCN)n1cccc(C)c1=O. The maximum atomic E-state index is 12.0. The van der Waals surface area contributed by atoms with Gasteiger partial charge >= 0.3 is 0 Å². The predicted octanol–water partition coefficient (Wildman–Crippen LogP) is 0.573. The number of aryl methyl sites for hydroxylation is 1. The molecule has 5 nitrogen and oxygen atoms in total. The quantitative estimate of drug-likeness (QED) is 0.776. The molecule has 18 heavy (non-hydrogen) atoms. The summed E-state index contributed by atoms with van der Waals surface area (Å²) in [6.07, 6.45) is 3.14. The van der Waals surface area contributed by atoms with E-state index in [0.29, 0.717) is 25.1 Å². The van der Waals surface area contributed by atoms with Gasteiger partial charge in [0.1, 0.15) is 6.04 Å². The van der Waals surface area contributed by atoms with E-state index >= 15 is 0 Å². The average molecular weight is 251 g/mol. The van der Waals surface area contributed by atoms with Crippen LogP contribution in [0, 0.1) is 6.92 Å². The molecule has 0 saturated carbocycles. The van der Waals surface area contributed by atoms with Gasteiger partial charge in [-0.25, -0.2) is 0 Å². The van der Waals surface area contributed by atoms with Gasteiger partial charge in [0.15, 0.2) is 0 Å². The number of rotatable bonds is 6. The minimum atomic E-state index is -0.450. The molecular formula is C13H21N3O2. The third-order valence-corrected chi connectivity index (χ3v) is 2.81. The molecule has 0 aromatic carbocycles. The van der Waals surface area contributed by atoms with Crippen molar-refractivity contribution in [1.82, 2.24) is 9.88 Å². The van der Waals surface area contributed by atoms with Crippen molar-refractivity contribution in [2.45, 2.75) is 32.7 Å². The Morgan fingerprint density at radius 1 is 1.56 bits per heavy atom. The Bertz CT molecular complexity index is 454. The van der Waals surface area contributed by atoms with Gasteiger partial charge in [-0.15, -0.1) is 0 Å². The Kier molecular flexibility index (Phi) is 5.58. The molecule has 1 aromatic rings. The summed E-state index contributed by atoms with van der Waals surface area (Å²) >= 11 is 0. The van der Waals surface area contributed by atoms with Crippen LogP contribution < -0.4 is 16.6 Å². The highest BCUT2D eigenvalue weighted by Gasteiger charge is 2.20. The van der Waals surface area contributed by atoms with Gasteiger partial charge in [-0.3, -0.25) is 9.59 Å². The lowest BCUT2D eigenvalue weighted by molar-refractivity contribution is -0.124. The van der Waals surface area contributed by atoms with Crippen LogP contribution in [-0.4, -0.2) is 23.6 Å². The van der Waals surface area contributed by atoms with Crippen LogP contribution in [0.25, 0.3) is 0 Å². The summed E-state index contributed by atoms with van der Waals surface area (Å²) in [5, 5.41) is 2.74. The highest BCUT2D eigenvalue weighted by molar-refractivity contribution is 5.80. The van der Waals surface area contributed by atoms with Crippen LogP contribution >= 0.6 is 0 Å². The second-order valence-corrected chi connectivity index (χ2v) is 4.29. The molecule has 0 radical (unpaired) electrons. The zero-order chi connectivity index (χ0) is 13.5. The van der Waals surface area contributed by atoms with E-state index < -0.39 is 6.04 Å². The number of carbonyl (C=O) groups is 1. The van der Waals surface area contributed by atoms with E-state index in [1.807, 2.05) is 6.92 Å². The van der Waals surface area contributed by atoms with Crippen molar-refractivity contribution >= 4 is 5.91 Å². The molecule has 5 heteroatoms. The van der Waals surface area contributed by atoms with E-state index in [-0.39, 0.29) is 11.5 Å². The molecule has 100 valence electrons. The molecule has 1 atom stereocenters. The molecule has 0 spiro atoms. The topological polar surface area (TPSA) is 77.1 Å². The Balaban J connectivity index is 3.00. The van der Waals surface area contributed by atoms with Gasteiger partial charge < -0.3 is 15.6 Å². The van der Waals surface area contributed by atoms with Crippen molar-refractivity contribution in [3.63, 3.8) is 0 Å². The minimum absolute atomic E-state index is 0.112. The normalized spacial score (nSPS) is 12.2. The van der Waals surface area contributed by atoms with Crippen molar-refractivity contribution in [3.05, 3.63) is 34.2 Å². The van der Waals surface area contributed by atoms with Gasteiger partial charge in [0.2, 0.25) is 5.91 Å². The summed E-state index contributed by atoms with van der Waals surface area (Å²) in [5.41, 5.74) is 5.89. The Labute approximate surface area is 107 Å².